The zero-order valence-corrected chi connectivity index (χ0v) is 23.1. The summed E-state index contributed by atoms with van der Waals surface area (Å²) < 4.78 is 67.3. The molecule has 0 bridgehead atoms. The number of piperidine rings is 1. The van der Waals surface area contributed by atoms with Crippen LogP contribution in [0, 0.1) is 17.7 Å². The van der Waals surface area contributed by atoms with Crippen molar-refractivity contribution in [2.45, 2.75) is 43.2 Å². The highest BCUT2D eigenvalue weighted by atomic mass is 32.2. The Balaban J connectivity index is 1.54. The van der Waals surface area contributed by atoms with Crippen molar-refractivity contribution >= 4 is 38.0 Å². The second kappa shape index (κ2) is 11.8. The Hall–Kier alpha value is -3.69. The number of halogens is 3. The van der Waals surface area contributed by atoms with Gasteiger partial charge in [0.05, 0.1) is 41.4 Å². The molecule has 1 amide bonds. The van der Waals surface area contributed by atoms with Gasteiger partial charge in [-0.3, -0.25) is 9.69 Å². The quantitative estimate of drug-likeness (QED) is 0.336. The molecule has 1 saturated heterocycles. The zero-order chi connectivity index (χ0) is 29.1. The summed E-state index contributed by atoms with van der Waals surface area (Å²) in [7, 11) is -3.54. The second-order valence-corrected chi connectivity index (χ2v) is 12.2. The Kier molecular flexibility index (Phi) is 8.65. The number of primary amides is 1. The molecule has 2 aromatic carbocycles. The molecule has 0 spiro atoms. The monoisotopic (exact) mass is 575 g/mol. The largest absolute Gasteiger partial charge is 0.382 e. The van der Waals surface area contributed by atoms with E-state index in [4.69, 9.17) is 5.73 Å². The fourth-order valence-electron chi connectivity index (χ4n) is 4.78. The summed E-state index contributed by atoms with van der Waals surface area (Å²) >= 11 is 0. The highest BCUT2D eigenvalue weighted by Crippen LogP contribution is 2.31. The predicted molar refractivity (Wildman–Crippen MR) is 150 cm³/mol. The van der Waals surface area contributed by atoms with Gasteiger partial charge < -0.3 is 20.9 Å². The first-order chi connectivity index (χ1) is 18.8. The third-order valence-electron chi connectivity index (χ3n) is 6.66. The van der Waals surface area contributed by atoms with Crippen LogP contribution < -0.4 is 16.4 Å². The number of amides is 1. The van der Waals surface area contributed by atoms with Crippen LogP contribution in [0.15, 0.2) is 47.4 Å². The number of likely N-dealkylation sites (tertiary alicyclic amines) is 1. The van der Waals surface area contributed by atoms with E-state index in [9.17, 15) is 26.4 Å². The minimum absolute atomic E-state index is 0.00810. The molecule has 1 fully saturated rings. The number of alkyl halides is 2. The van der Waals surface area contributed by atoms with Gasteiger partial charge in [0.15, 0.2) is 9.84 Å². The van der Waals surface area contributed by atoms with E-state index in [1.54, 1.807) is 18.2 Å². The lowest BCUT2D eigenvalue weighted by Gasteiger charge is -2.32. The fourth-order valence-corrected chi connectivity index (χ4v) is 5.41. The Morgan fingerprint density at radius 2 is 1.88 bits per heavy atom. The van der Waals surface area contributed by atoms with Crippen LogP contribution in [0.4, 0.5) is 24.5 Å². The zero-order valence-electron chi connectivity index (χ0n) is 22.3. The van der Waals surface area contributed by atoms with E-state index in [1.165, 1.54) is 16.7 Å². The lowest BCUT2D eigenvalue weighted by molar-refractivity contribution is -0.119. The van der Waals surface area contributed by atoms with Gasteiger partial charge in [0.2, 0.25) is 5.91 Å². The molecule has 4 N–H and O–H groups in total. The molecule has 2 heterocycles. The van der Waals surface area contributed by atoms with Gasteiger partial charge in [-0.25, -0.2) is 21.6 Å². The molecule has 0 aliphatic carbocycles. The highest BCUT2D eigenvalue weighted by Gasteiger charge is 2.25. The van der Waals surface area contributed by atoms with Crippen LogP contribution in [-0.4, -0.2) is 68.2 Å². The summed E-state index contributed by atoms with van der Waals surface area (Å²) in [6, 6.07) is 10.9. The number of rotatable bonds is 9. The summed E-state index contributed by atoms with van der Waals surface area (Å²) in [5.74, 6) is 1.70. The van der Waals surface area contributed by atoms with Gasteiger partial charge in [0.25, 0.3) is 5.92 Å². The maximum Gasteiger partial charge on any atom is 0.262 e. The number of nitrogens with one attached hydrogen (secondary N) is 2. The van der Waals surface area contributed by atoms with E-state index in [2.05, 4.69) is 22.5 Å². The van der Waals surface area contributed by atoms with Gasteiger partial charge in [-0.05, 0) is 55.2 Å². The van der Waals surface area contributed by atoms with Crippen LogP contribution in [0.25, 0.3) is 10.9 Å². The Labute approximate surface area is 231 Å². The number of nitrogens with two attached hydrogens (primary N) is 1. The number of fused-ring (bicyclic) bond motifs is 1. The lowest BCUT2D eigenvalue weighted by Crippen LogP contribution is -2.42. The summed E-state index contributed by atoms with van der Waals surface area (Å²) in [6.45, 7) is 1.97. The highest BCUT2D eigenvalue weighted by molar-refractivity contribution is 7.90. The second-order valence-electron chi connectivity index (χ2n) is 10.2. The number of anilines is 2. The number of sulfone groups is 1. The van der Waals surface area contributed by atoms with E-state index < -0.39 is 28.1 Å². The third-order valence-corrected chi connectivity index (χ3v) is 7.77. The summed E-state index contributed by atoms with van der Waals surface area (Å²) in [5, 5.41) is 7.08. The molecule has 214 valence electrons. The molecule has 0 saturated carbocycles. The van der Waals surface area contributed by atoms with Crippen molar-refractivity contribution in [3.8, 4) is 11.8 Å². The number of benzene rings is 2. The van der Waals surface area contributed by atoms with E-state index >= 15 is 0 Å². The first-order valence-corrected chi connectivity index (χ1v) is 14.7. The van der Waals surface area contributed by atoms with Crippen LogP contribution >= 0.6 is 0 Å². The molecule has 3 aromatic rings. The number of carbonyl (C=O) groups excluding carboxylic acids is 1. The van der Waals surface area contributed by atoms with Crippen LogP contribution in [0.1, 0.15) is 25.5 Å². The van der Waals surface area contributed by atoms with E-state index in [-0.39, 0.29) is 35.6 Å². The van der Waals surface area contributed by atoms with Crippen molar-refractivity contribution in [2.24, 2.45) is 5.73 Å². The molecule has 4 rings (SSSR count). The normalized spacial score (nSPS) is 15.0. The standard InChI is InChI=1S/C28H32F3N5O3S/c1-28(30,31)18-36-20(5-4-12-33-25-9-8-21(16-23(25)29)40(2,38)39)15-22-24(6-3-7-26(22)36)34-19-10-13-35(14-11-19)17-27(32)37/h3,6-9,15-16,19,33-34H,10-14,17-18H2,1-2H3,(H2,32,37). The van der Waals surface area contributed by atoms with Crippen LogP contribution in [0.5, 0.6) is 0 Å². The SMILES string of the molecule is CC(F)(F)Cn1c(C#CCNc2ccc(S(C)(=O)=O)cc2F)cc2c(NC3CCN(CC(N)=O)CC3)cccc21. The number of hydrogen-bond donors (Lipinski definition) is 3. The van der Waals surface area contributed by atoms with Crippen molar-refractivity contribution in [2.75, 3.05) is 43.1 Å². The van der Waals surface area contributed by atoms with Crippen LogP contribution in [0.3, 0.4) is 0 Å². The van der Waals surface area contributed by atoms with Gasteiger partial charge >= 0.3 is 0 Å². The van der Waals surface area contributed by atoms with Gasteiger partial charge in [0.1, 0.15) is 5.82 Å². The van der Waals surface area contributed by atoms with Crippen molar-refractivity contribution in [1.82, 2.24) is 9.47 Å². The molecule has 1 aromatic heterocycles. The summed E-state index contributed by atoms with van der Waals surface area (Å²) in [5.41, 5.74) is 7.18. The average Bonchev–Trinajstić information content (AvgIpc) is 3.19. The van der Waals surface area contributed by atoms with Gasteiger partial charge in [-0.1, -0.05) is 12.0 Å². The van der Waals surface area contributed by atoms with E-state index in [0.717, 1.165) is 56.3 Å². The smallest absolute Gasteiger partial charge is 0.262 e. The summed E-state index contributed by atoms with van der Waals surface area (Å²) in [4.78, 5) is 13.1. The van der Waals surface area contributed by atoms with Gasteiger partial charge in [0, 0.05) is 43.4 Å². The molecule has 8 nitrogen and oxygen atoms in total. The van der Waals surface area contributed by atoms with Crippen LogP contribution in [0.2, 0.25) is 0 Å². The number of aromatic nitrogens is 1. The minimum Gasteiger partial charge on any atom is -0.382 e. The molecule has 0 radical (unpaired) electrons. The van der Waals surface area contributed by atoms with Gasteiger partial charge in [-0.2, -0.15) is 0 Å². The summed E-state index contributed by atoms with van der Waals surface area (Å²) in [6.07, 6.45) is 2.60. The number of hydrogen-bond acceptors (Lipinski definition) is 6. The molecule has 1 aliphatic rings. The van der Waals surface area contributed by atoms with E-state index in [1.807, 2.05) is 11.0 Å². The third kappa shape index (κ3) is 7.49. The van der Waals surface area contributed by atoms with Crippen molar-refractivity contribution in [3.05, 3.63) is 54.0 Å². The van der Waals surface area contributed by atoms with Crippen molar-refractivity contribution in [1.29, 1.82) is 0 Å². The topological polar surface area (TPSA) is 109 Å². The van der Waals surface area contributed by atoms with Crippen LogP contribution in [-0.2, 0) is 21.2 Å². The maximum absolute atomic E-state index is 14.3. The fraction of sp³-hybridized carbons (Fsp3) is 0.393. The van der Waals surface area contributed by atoms with Crippen molar-refractivity contribution < 1.29 is 26.4 Å². The predicted octanol–water partition coefficient (Wildman–Crippen LogP) is 3.66. The molecule has 12 heteroatoms. The molecule has 0 atom stereocenters. The Morgan fingerprint density at radius 3 is 2.50 bits per heavy atom. The van der Waals surface area contributed by atoms with Crippen molar-refractivity contribution in [3.63, 3.8) is 0 Å². The molecular weight excluding hydrogens is 543 g/mol. The molecule has 0 unspecified atom stereocenters. The Bertz CT molecular complexity index is 1560. The van der Waals surface area contributed by atoms with Gasteiger partial charge in [-0.15, -0.1) is 0 Å². The Morgan fingerprint density at radius 1 is 1.15 bits per heavy atom. The maximum atomic E-state index is 14.3. The molecule has 1 aliphatic heterocycles. The first kappa shape index (κ1) is 29.3. The molecular formula is C28H32F3N5O3S. The number of carbonyl (C=O) groups is 1. The average molecular weight is 576 g/mol. The minimum atomic E-state index is -3.54. The molecule has 40 heavy (non-hydrogen) atoms. The number of nitrogens with zero attached hydrogens (tertiary/aromatic N) is 2. The first-order valence-electron chi connectivity index (χ1n) is 12.8. The van der Waals surface area contributed by atoms with E-state index in [0.29, 0.717) is 11.2 Å². The lowest BCUT2D eigenvalue weighted by atomic mass is 10.0.